The standard InChI is InChI=1S/C17H27N3O2S/c1-12-13(11-20-7-5-18-6-8-20)9-14(10-15(12)23)19-16(21)22-17(2,3)4/h9-10,18,23H,5-8,11H2,1-4H3,(H,19,21). The molecule has 128 valence electrons. The van der Waals surface area contributed by atoms with Crippen LogP contribution in [-0.4, -0.2) is 42.8 Å². The molecule has 0 radical (unpaired) electrons. The van der Waals surface area contributed by atoms with E-state index < -0.39 is 11.7 Å². The lowest BCUT2D eigenvalue weighted by Gasteiger charge is -2.28. The van der Waals surface area contributed by atoms with Gasteiger partial charge in [-0.25, -0.2) is 4.79 Å². The van der Waals surface area contributed by atoms with Crippen molar-refractivity contribution >= 4 is 24.4 Å². The van der Waals surface area contributed by atoms with Crippen molar-refractivity contribution in [1.82, 2.24) is 10.2 Å². The minimum atomic E-state index is -0.512. The molecule has 1 aliphatic heterocycles. The van der Waals surface area contributed by atoms with E-state index in [1.807, 2.05) is 32.9 Å². The van der Waals surface area contributed by atoms with E-state index in [4.69, 9.17) is 4.74 Å². The van der Waals surface area contributed by atoms with Crippen LogP contribution in [0.1, 0.15) is 31.9 Å². The minimum absolute atomic E-state index is 0.442. The number of anilines is 1. The topological polar surface area (TPSA) is 53.6 Å². The van der Waals surface area contributed by atoms with Crippen molar-refractivity contribution in [3.63, 3.8) is 0 Å². The molecular formula is C17H27N3O2S. The number of nitrogens with zero attached hydrogens (tertiary/aromatic N) is 1. The maximum absolute atomic E-state index is 11.9. The number of rotatable bonds is 3. The molecule has 2 N–H and O–H groups in total. The van der Waals surface area contributed by atoms with Gasteiger partial charge in [0.2, 0.25) is 0 Å². The Kier molecular flexibility index (Phi) is 5.95. The van der Waals surface area contributed by atoms with E-state index in [0.717, 1.165) is 48.9 Å². The van der Waals surface area contributed by atoms with Gasteiger partial charge >= 0.3 is 6.09 Å². The molecular weight excluding hydrogens is 310 g/mol. The van der Waals surface area contributed by atoms with Crippen LogP contribution in [0.4, 0.5) is 10.5 Å². The van der Waals surface area contributed by atoms with Gasteiger partial charge in [-0.1, -0.05) is 0 Å². The molecule has 0 spiro atoms. The van der Waals surface area contributed by atoms with Gasteiger partial charge in [-0.2, -0.15) is 0 Å². The summed E-state index contributed by atoms with van der Waals surface area (Å²) in [5.41, 5.74) is 2.55. The van der Waals surface area contributed by atoms with Crippen LogP contribution in [-0.2, 0) is 11.3 Å². The zero-order valence-corrected chi connectivity index (χ0v) is 15.3. The maximum atomic E-state index is 11.9. The van der Waals surface area contributed by atoms with Crippen LogP contribution in [0.3, 0.4) is 0 Å². The van der Waals surface area contributed by atoms with Crippen LogP contribution in [0.15, 0.2) is 17.0 Å². The molecule has 0 aromatic heterocycles. The Morgan fingerprint density at radius 1 is 1.35 bits per heavy atom. The van der Waals surface area contributed by atoms with Crippen LogP contribution in [0.2, 0.25) is 0 Å². The van der Waals surface area contributed by atoms with Crippen LogP contribution in [0, 0.1) is 6.92 Å². The first kappa shape index (κ1) is 18.1. The summed E-state index contributed by atoms with van der Waals surface area (Å²) < 4.78 is 5.31. The van der Waals surface area contributed by atoms with Gasteiger partial charge in [-0.05, 0) is 51.0 Å². The summed E-state index contributed by atoms with van der Waals surface area (Å²) in [6, 6.07) is 3.88. The predicted octanol–water partition coefficient (Wildman–Crippen LogP) is 3.04. The molecule has 1 fully saturated rings. The molecule has 1 aliphatic rings. The SMILES string of the molecule is Cc1c(S)cc(NC(=O)OC(C)(C)C)cc1CN1CCNCC1. The molecule has 1 aromatic rings. The molecule has 6 heteroatoms. The highest BCUT2D eigenvalue weighted by Crippen LogP contribution is 2.25. The van der Waals surface area contributed by atoms with Gasteiger partial charge < -0.3 is 10.1 Å². The third-order valence-corrected chi connectivity index (χ3v) is 4.20. The van der Waals surface area contributed by atoms with Gasteiger partial charge in [0, 0.05) is 43.3 Å². The van der Waals surface area contributed by atoms with Crippen molar-refractivity contribution in [3.05, 3.63) is 23.3 Å². The molecule has 23 heavy (non-hydrogen) atoms. The van der Waals surface area contributed by atoms with E-state index in [2.05, 4.69) is 35.1 Å². The van der Waals surface area contributed by atoms with Crippen molar-refractivity contribution in [2.75, 3.05) is 31.5 Å². The summed E-state index contributed by atoms with van der Waals surface area (Å²) >= 11 is 4.54. The second-order valence-electron chi connectivity index (χ2n) is 6.93. The number of thiol groups is 1. The monoisotopic (exact) mass is 337 g/mol. The fourth-order valence-corrected chi connectivity index (χ4v) is 2.81. The van der Waals surface area contributed by atoms with Crippen LogP contribution in [0.5, 0.6) is 0 Å². The first-order chi connectivity index (χ1) is 10.7. The normalized spacial score (nSPS) is 16.2. The molecule has 0 atom stereocenters. The molecule has 1 saturated heterocycles. The number of amides is 1. The fraction of sp³-hybridized carbons (Fsp3) is 0.588. The summed E-state index contributed by atoms with van der Waals surface area (Å²) in [6.07, 6.45) is -0.442. The van der Waals surface area contributed by atoms with E-state index in [1.165, 1.54) is 5.56 Å². The highest BCUT2D eigenvalue weighted by molar-refractivity contribution is 7.80. The van der Waals surface area contributed by atoms with Crippen molar-refractivity contribution in [2.45, 2.75) is 44.7 Å². The van der Waals surface area contributed by atoms with Crippen LogP contribution >= 0.6 is 12.6 Å². The minimum Gasteiger partial charge on any atom is -0.444 e. The lowest BCUT2D eigenvalue weighted by molar-refractivity contribution is 0.0636. The van der Waals surface area contributed by atoms with E-state index in [0.29, 0.717) is 0 Å². The molecule has 1 amide bonds. The summed E-state index contributed by atoms with van der Waals surface area (Å²) in [5.74, 6) is 0. The molecule has 0 aliphatic carbocycles. The number of hydrogen-bond acceptors (Lipinski definition) is 5. The number of piperazine rings is 1. The van der Waals surface area contributed by atoms with Crippen molar-refractivity contribution < 1.29 is 9.53 Å². The summed E-state index contributed by atoms with van der Waals surface area (Å²) in [6.45, 7) is 12.6. The lowest BCUT2D eigenvalue weighted by Crippen LogP contribution is -2.43. The van der Waals surface area contributed by atoms with Crippen molar-refractivity contribution in [3.8, 4) is 0 Å². The number of nitrogens with one attached hydrogen (secondary N) is 2. The van der Waals surface area contributed by atoms with E-state index in [1.54, 1.807) is 0 Å². The van der Waals surface area contributed by atoms with Gasteiger partial charge in [-0.3, -0.25) is 10.2 Å². The van der Waals surface area contributed by atoms with Gasteiger partial charge in [0.05, 0.1) is 0 Å². The molecule has 5 nitrogen and oxygen atoms in total. The van der Waals surface area contributed by atoms with Crippen LogP contribution < -0.4 is 10.6 Å². The third kappa shape index (κ3) is 5.71. The zero-order valence-electron chi connectivity index (χ0n) is 14.4. The second-order valence-corrected chi connectivity index (χ2v) is 7.41. The molecule has 2 rings (SSSR count). The Labute approximate surface area is 144 Å². The first-order valence-corrected chi connectivity index (χ1v) is 8.45. The Hall–Kier alpha value is -1.24. The number of carbonyl (C=O) groups excluding carboxylic acids is 1. The number of benzene rings is 1. The van der Waals surface area contributed by atoms with Gasteiger partial charge in [-0.15, -0.1) is 12.6 Å². The summed E-state index contributed by atoms with van der Waals surface area (Å²) in [7, 11) is 0. The van der Waals surface area contributed by atoms with Gasteiger partial charge in [0.15, 0.2) is 0 Å². The molecule has 0 unspecified atom stereocenters. The maximum Gasteiger partial charge on any atom is 0.412 e. The summed E-state index contributed by atoms with van der Waals surface area (Å²) in [5, 5.41) is 6.16. The first-order valence-electron chi connectivity index (χ1n) is 8.00. The zero-order chi connectivity index (χ0) is 17.0. The highest BCUT2D eigenvalue weighted by Gasteiger charge is 2.18. The highest BCUT2D eigenvalue weighted by atomic mass is 32.1. The quantitative estimate of drug-likeness (QED) is 0.742. The average Bonchev–Trinajstić information content (AvgIpc) is 2.43. The van der Waals surface area contributed by atoms with Crippen molar-refractivity contribution in [2.24, 2.45) is 0 Å². The van der Waals surface area contributed by atoms with Crippen LogP contribution in [0.25, 0.3) is 0 Å². The van der Waals surface area contributed by atoms with E-state index in [-0.39, 0.29) is 0 Å². The molecule has 0 saturated carbocycles. The Bertz CT molecular complexity index is 564. The average molecular weight is 337 g/mol. The second kappa shape index (κ2) is 7.55. The Morgan fingerprint density at radius 3 is 2.61 bits per heavy atom. The number of ether oxygens (including phenoxy) is 1. The smallest absolute Gasteiger partial charge is 0.412 e. The number of hydrogen-bond donors (Lipinski definition) is 3. The lowest BCUT2D eigenvalue weighted by atomic mass is 10.1. The predicted molar refractivity (Wildman–Crippen MR) is 96.4 cm³/mol. The number of carbonyl (C=O) groups is 1. The van der Waals surface area contributed by atoms with Gasteiger partial charge in [0.1, 0.15) is 5.60 Å². The largest absolute Gasteiger partial charge is 0.444 e. The fourth-order valence-electron chi connectivity index (χ4n) is 2.53. The van der Waals surface area contributed by atoms with E-state index >= 15 is 0 Å². The molecule has 0 bridgehead atoms. The summed E-state index contributed by atoms with van der Waals surface area (Å²) in [4.78, 5) is 15.2. The van der Waals surface area contributed by atoms with Gasteiger partial charge in [0.25, 0.3) is 0 Å². The third-order valence-electron chi connectivity index (χ3n) is 3.74. The van der Waals surface area contributed by atoms with E-state index in [9.17, 15) is 4.79 Å². The van der Waals surface area contributed by atoms with Crippen molar-refractivity contribution in [1.29, 1.82) is 0 Å². The Balaban J connectivity index is 2.10. The molecule has 1 heterocycles. The molecule has 1 aromatic carbocycles. The Morgan fingerprint density at radius 2 is 2.00 bits per heavy atom.